The molecular formula is C21H27NO3. The van der Waals surface area contributed by atoms with Crippen LogP contribution in [0, 0.1) is 6.92 Å². The van der Waals surface area contributed by atoms with Gasteiger partial charge in [-0.25, -0.2) is 0 Å². The van der Waals surface area contributed by atoms with Crippen LogP contribution in [0.2, 0.25) is 0 Å². The Morgan fingerprint density at radius 1 is 1.04 bits per heavy atom. The normalized spacial score (nSPS) is 11.9. The second-order valence-electron chi connectivity index (χ2n) is 6.58. The highest BCUT2D eigenvalue weighted by Gasteiger charge is 2.12. The molecule has 1 amide bonds. The van der Waals surface area contributed by atoms with E-state index in [1.54, 1.807) is 0 Å². The van der Waals surface area contributed by atoms with Crippen molar-refractivity contribution in [2.24, 2.45) is 0 Å². The Kier molecular flexibility index (Phi) is 6.87. The van der Waals surface area contributed by atoms with Crippen molar-refractivity contribution in [3.8, 4) is 11.5 Å². The molecule has 0 bridgehead atoms. The molecule has 0 aliphatic rings. The molecule has 0 radical (unpaired) electrons. The van der Waals surface area contributed by atoms with E-state index in [9.17, 15) is 4.79 Å². The molecule has 4 nitrogen and oxygen atoms in total. The fourth-order valence-corrected chi connectivity index (χ4v) is 2.48. The first-order chi connectivity index (χ1) is 12.0. The second-order valence-corrected chi connectivity index (χ2v) is 6.58. The van der Waals surface area contributed by atoms with Gasteiger partial charge < -0.3 is 14.8 Å². The molecule has 1 atom stereocenters. The van der Waals surface area contributed by atoms with Crippen LogP contribution in [0.3, 0.4) is 0 Å². The summed E-state index contributed by atoms with van der Waals surface area (Å²) < 4.78 is 11.4. The van der Waals surface area contributed by atoms with Crippen LogP contribution in [0.25, 0.3) is 0 Å². The van der Waals surface area contributed by atoms with Gasteiger partial charge >= 0.3 is 0 Å². The SMILES string of the molecule is Cc1ccc(C(C)C)c(OCC(=O)NC(C)COc2ccccc2)c1. The number of benzene rings is 2. The number of hydrogen-bond acceptors (Lipinski definition) is 3. The Balaban J connectivity index is 1.81. The van der Waals surface area contributed by atoms with E-state index in [4.69, 9.17) is 9.47 Å². The van der Waals surface area contributed by atoms with E-state index >= 15 is 0 Å². The molecule has 0 saturated heterocycles. The minimum Gasteiger partial charge on any atom is -0.491 e. The maximum absolute atomic E-state index is 12.1. The molecule has 2 aromatic carbocycles. The molecule has 4 heteroatoms. The lowest BCUT2D eigenvalue weighted by Gasteiger charge is -2.17. The summed E-state index contributed by atoms with van der Waals surface area (Å²) in [4.78, 5) is 12.1. The summed E-state index contributed by atoms with van der Waals surface area (Å²) in [5.41, 5.74) is 2.23. The average Bonchev–Trinajstić information content (AvgIpc) is 2.59. The van der Waals surface area contributed by atoms with Gasteiger partial charge in [0, 0.05) is 0 Å². The van der Waals surface area contributed by atoms with Crippen molar-refractivity contribution in [3.05, 3.63) is 59.7 Å². The number of rotatable bonds is 8. The molecule has 0 saturated carbocycles. The first kappa shape index (κ1) is 18.8. The van der Waals surface area contributed by atoms with E-state index in [-0.39, 0.29) is 18.6 Å². The number of carbonyl (C=O) groups excluding carboxylic acids is 1. The zero-order valence-corrected chi connectivity index (χ0v) is 15.4. The highest BCUT2D eigenvalue weighted by Crippen LogP contribution is 2.27. The number of hydrogen-bond donors (Lipinski definition) is 1. The van der Waals surface area contributed by atoms with Crippen LogP contribution in [-0.4, -0.2) is 25.2 Å². The van der Waals surface area contributed by atoms with Gasteiger partial charge in [-0.3, -0.25) is 4.79 Å². The van der Waals surface area contributed by atoms with Gasteiger partial charge in [0.15, 0.2) is 6.61 Å². The summed E-state index contributed by atoms with van der Waals surface area (Å²) in [5.74, 6) is 1.76. The van der Waals surface area contributed by atoms with E-state index in [0.717, 1.165) is 22.6 Å². The van der Waals surface area contributed by atoms with Crippen molar-refractivity contribution in [2.75, 3.05) is 13.2 Å². The van der Waals surface area contributed by atoms with Gasteiger partial charge in [-0.05, 0) is 49.1 Å². The molecule has 134 valence electrons. The molecule has 0 heterocycles. The lowest BCUT2D eigenvalue weighted by atomic mass is 10.0. The smallest absolute Gasteiger partial charge is 0.258 e. The molecule has 0 aliphatic carbocycles. The van der Waals surface area contributed by atoms with Crippen LogP contribution in [-0.2, 0) is 4.79 Å². The number of aryl methyl sites for hydroxylation is 1. The standard InChI is InChI=1S/C21H27NO3/c1-15(2)19-11-10-16(3)12-20(19)25-14-21(23)22-17(4)13-24-18-8-6-5-7-9-18/h5-12,15,17H,13-14H2,1-4H3,(H,22,23). The summed E-state index contributed by atoms with van der Waals surface area (Å²) in [6, 6.07) is 15.6. The predicted octanol–water partition coefficient (Wildman–Crippen LogP) is 4.08. The minimum absolute atomic E-state index is 0.00114. The largest absolute Gasteiger partial charge is 0.491 e. The lowest BCUT2D eigenvalue weighted by molar-refractivity contribution is -0.123. The molecule has 2 aromatic rings. The first-order valence-electron chi connectivity index (χ1n) is 8.66. The van der Waals surface area contributed by atoms with Crippen molar-refractivity contribution in [3.63, 3.8) is 0 Å². The average molecular weight is 341 g/mol. The predicted molar refractivity (Wildman–Crippen MR) is 100 cm³/mol. The van der Waals surface area contributed by atoms with E-state index < -0.39 is 0 Å². The highest BCUT2D eigenvalue weighted by molar-refractivity contribution is 5.77. The maximum atomic E-state index is 12.1. The fraction of sp³-hybridized carbons (Fsp3) is 0.381. The summed E-state index contributed by atoms with van der Waals surface area (Å²) in [5, 5.41) is 2.89. The number of carbonyl (C=O) groups is 1. The zero-order chi connectivity index (χ0) is 18.2. The summed E-state index contributed by atoms with van der Waals surface area (Å²) in [6.07, 6.45) is 0. The van der Waals surface area contributed by atoms with Gasteiger partial charge in [0.1, 0.15) is 18.1 Å². The van der Waals surface area contributed by atoms with Crippen LogP contribution in [0.15, 0.2) is 48.5 Å². The van der Waals surface area contributed by atoms with E-state index in [1.807, 2.05) is 50.2 Å². The third-order valence-electron chi connectivity index (χ3n) is 3.80. The van der Waals surface area contributed by atoms with Crippen molar-refractivity contribution in [1.29, 1.82) is 0 Å². The Morgan fingerprint density at radius 2 is 1.76 bits per heavy atom. The van der Waals surface area contributed by atoms with Gasteiger partial charge in [0.05, 0.1) is 6.04 Å². The number of ether oxygens (including phenoxy) is 2. The van der Waals surface area contributed by atoms with Crippen molar-refractivity contribution in [2.45, 2.75) is 39.7 Å². The quantitative estimate of drug-likeness (QED) is 0.787. The van der Waals surface area contributed by atoms with Gasteiger partial charge in [-0.2, -0.15) is 0 Å². The number of nitrogens with one attached hydrogen (secondary N) is 1. The summed E-state index contributed by atoms with van der Waals surface area (Å²) in [7, 11) is 0. The molecule has 1 N–H and O–H groups in total. The lowest BCUT2D eigenvalue weighted by Crippen LogP contribution is -2.39. The maximum Gasteiger partial charge on any atom is 0.258 e. The topological polar surface area (TPSA) is 47.6 Å². The van der Waals surface area contributed by atoms with E-state index in [2.05, 4.69) is 31.3 Å². The Morgan fingerprint density at radius 3 is 2.44 bits per heavy atom. The molecule has 0 spiro atoms. The third kappa shape index (κ3) is 6.14. The van der Waals surface area contributed by atoms with Crippen molar-refractivity contribution < 1.29 is 14.3 Å². The minimum atomic E-state index is -0.152. The second kappa shape index (κ2) is 9.11. The van der Waals surface area contributed by atoms with Crippen LogP contribution >= 0.6 is 0 Å². The Hall–Kier alpha value is -2.49. The molecular weight excluding hydrogens is 314 g/mol. The fourth-order valence-electron chi connectivity index (χ4n) is 2.48. The van der Waals surface area contributed by atoms with Gasteiger partial charge in [-0.1, -0.05) is 44.2 Å². The van der Waals surface area contributed by atoms with Crippen LogP contribution < -0.4 is 14.8 Å². The molecule has 0 aromatic heterocycles. The van der Waals surface area contributed by atoms with Crippen molar-refractivity contribution in [1.82, 2.24) is 5.32 Å². The summed E-state index contributed by atoms with van der Waals surface area (Å²) in [6.45, 7) is 8.56. The monoisotopic (exact) mass is 341 g/mol. The molecule has 0 fully saturated rings. The van der Waals surface area contributed by atoms with Crippen LogP contribution in [0.4, 0.5) is 0 Å². The van der Waals surface area contributed by atoms with E-state index in [0.29, 0.717) is 12.5 Å². The molecule has 25 heavy (non-hydrogen) atoms. The van der Waals surface area contributed by atoms with Crippen LogP contribution in [0.5, 0.6) is 11.5 Å². The first-order valence-corrected chi connectivity index (χ1v) is 8.66. The summed E-state index contributed by atoms with van der Waals surface area (Å²) >= 11 is 0. The Bertz CT molecular complexity index is 683. The highest BCUT2D eigenvalue weighted by atomic mass is 16.5. The van der Waals surface area contributed by atoms with E-state index in [1.165, 1.54) is 0 Å². The van der Waals surface area contributed by atoms with Crippen molar-refractivity contribution >= 4 is 5.91 Å². The Labute approximate surface area is 150 Å². The third-order valence-corrected chi connectivity index (χ3v) is 3.80. The zero-order valence-electron chi connectivity index (χ0n) is 15.4. The molecule has 1 unspecified atom stereocenters. The van der Waals surface area contributed by atoms with Gasteiger partial charge in [-0.15, -0.1) is 0 Å². The number of para-hydroxylation sites is 1. The van der Waals surface area contributed by atoms with Gasteiger partial charge in [0.2, 0.25) is 0 Å². The number of amides is 1. The molecule has 2 rings (SSSR count). The van der Waals surface area contributed by atoms with Crippen LogP contribution in [0.1, 0.15) is 37.8 Å². The van der Waals surface area contributed by atoms with Gasteiger partial charge in [0.25, 0.3) is 5.91 Å². The molecule has 0 aliphatic heterocycles.